The third-order valence-electron chi connectivity index (χ3n) is 2.98. The Balaban J connectivity index is 2.53. The van der Waals surface area contributed by atoms with Gasteiger partial charge >= 0.3 is 6.09 Å². The van der Waals surface area contributed by atoms with Crippen molar-refractivity contribution in [3.8, 4) is 5.75 Å². The molecular weight excluding hydrogens is 258 g/mol. The van der Waals surface area contributed by atoms with E-state index >= 15 is 0 Å². The first-order valence-electron chi connectivity index (χ1n) is 6.73. The van der Waals surface area contributed by atoms with Crippen molar-refractivity contribution >= 4 is 6.09 Å². The van der Waals surface area contributed by atoms with E-state index in [1.807, 2.05) is 31.2 Å². The molecule has 0 aliphatic rings. The second-order valence-electron chi connectivity index (χ2n) is 4.71. The smallest absolute Gasteiger partial charge is 0.409 e. The van der Waals surface area contributed by atoms with Crippen LogP contribution in [0.4, 0.5) is 4.79 Å². The highest BCUT2D eigenvalue weighted by atomic mass is 16.5. The van der Waals surface area contributed by atoms with E-state index in [0.29, 0.717) is 6.54 Å². The lowest BCUT2D eigenvalue weighted by molar-refractivity contribution is 0.128. The van der Waals surface area contributed by atoms with Gasteiger partial charge in [0.25, 0.3) is 0 Å². The van der Waals surface area contributed by atoms with Gasteiger partial charge in [-0.1, -0.05) is 18.2 Å². The van der Waals surface area contributed by atoms with Gasteiger partial charge in [-0.3, -0.25) is 0 Å². The first kappa shape index (κ1) is 16.3. The lowest BCUT2D eigenvalue weighted by Gasteiger charge is -2.17. The molecule has 5 heteroatoms. The van der Waals surface area contributed by atoms with Crippen molar-refractivity contribution in [3.63, 3.8) is 0 Å². The highest BCUT2D eigenvalue weighted by Crippen LogP contribution is 2.20. The number of ether oxygens (including phenoxy) is 2. The van der Waals surface area contributed by atoms with Crippen LogP contribution in [-0.2, 0) is 11.2 Å². The Hall–Kier alpha value is -1.75. The van der Waals surface area contributed by atoms with E-state index in [1.54, 1.807) is 11.9 Å². The summed E-state index contributed by atoms with van der Waals surface area (Å²) in [6.07, 6.45) is 1.06. The molecule has 0 bridgehead atoms. The number of aliphatic hydroxyl groups excluding tert-OH is 1. The lowest BCUT2D eigenvalue weighted by atomic mass is 10.1. The van der Waals surface area contributed by atoms with E-state index in [1.165, 1.54) is 7.11 Å². The zero-order chi connectivity index (χ0) is 15.0. The molecule has 0 heterocycles. The van der Waals surface area contributed by atoms with Crippen molar-refractivity contribution in [2.45, 2.75) is 25.9 Å². The average molecular weight is 281 g/mol. The zero-order valence-electron chi connectivity index (χ0n) is 12.3. The second kappa shape index (κ2) is 8.43. The molecule has 1 rings (SSSR count). The summed E-state index contributed by atoms with van der Waals surface area (Å²) in [6.45, 7) is 2.43. The van der Waals surface area contributed by atoms with Gasteiger partial charge in [0, 0.05) is 13.6 Å². The summed E-state index contributed by atoms with van der Waals surface area (Å²) < 4.78 is 10.3. The molecule has 0 saturated heterocycles. The molecule has 0 aliphatic carbocycles. The molecule has 20 heavy (non-hydrogen) atoms. The number of carbonyl (C=O) groups excluding carboxylic acids is 1. The maximum Gasteiger partial charge on any atom is 0.409 e. The number of hydrogen-bond acceptors (Lipinski definition) is 4. The van der Waals surface area contributed by atoms with Crippen molar-refractivity contribution in [2.75, 3.05) is 27.3 Å². The molecule has 0 radical (unpaired) electrons. The van der Waals surface area contributed by atoms with Crippen LogP contribution in [0.15, 0.2) is 24.3 Å². The Labute approximate surface area is 120 Å². The normalized spacial score (nSPS) is 11.8. The highest BCUT2D eigenvalue weighted by molar-refractivity contribution is 5.66. The quantitative estimate of drug-likeness (QED) is 0.831. The van der Waals surface area contributed by atoms with Gasteiger partial charge in [-0.15, -0.1) is 0 Å². The van der Waals surface area contributed by atoms with Crippen molar-refractivity contribution in [2.24, 2.45) is 0 Å². The summed E-state index contributed by atoms with van der Waals surface area (Å²) in [5, 5.41) is 9.04. The number of aliphatic hydroxyl groups is 1. The summed E-state index contributed by atoms with van der Waals surface area (Å²) in [5.41, 5.74) is 1.08. The first-order chi connectivity index (χ1) is 9.58. The minimum atomic E-state index is -0.330. The number of carbonyl (C=O) groups is 1. The Morgan fingerprint density at radius 3 is 2.75 bits per heavy atom. The molecule has 0 aromatic heterocycles. The zero-order valence-corrected chi connectivity index (χ0v) is 12.3. The predicted molar refractivity (Wildman–Crippen MR) is 77.0 cm³/mol. The third-order valence-corrected chi connectivity index (χ3v) is 2.98. The number of aryl methyl sites for hydroxylation is 1. The van der Waals surface area contributed by atoms with Crippen molar-refractivity contribution in [1.29, 1.82) is 0 Å². The van der Waals surface area contributed by atoms with Gasteiger partial charge in [0.05, 0.1) is 13.7 Å². The van der Waals surface area contributed by atoms with Crippen LogP contribution in [0.5, 0.6) is 5.75 Å². The number of hydrogen-bond donors (Lipinski definition) is 1. The van der Waals surface area contributed by atoms with Gasteiger partial charge in [-0.2, -0.15) is 0 Å². The van der Waals surface area contributed by atoms with Crippen LogP contribution in [-0.4, -0.2) is 49.5 Å². The molecule has 5 nitrogen and oxygen atoms in total. The van der Waals surface area contributed by atoms with Crippen LogP contribution in [0.3, 0.4) is 0 Å². The van der Waals surface area contributed by atoms with Crippen molar-refractivity contribution in [1.82, 2.24) is 4.90 Å². The molecule has 112 valence electrons. The van der Waals surface area contributed by atoms with Gasteiger partial charge in [0.2, 0.25) is 0 Å². The fourth-order valence-electron chi connectivity index (χ4n) is 1.83. The van der Waals surface area contributed by atoms with Crippen LogP contribution >= 0.6 is 0 Å². The number of para-hydroxylation sites is 1. The fraction of sp³-hybridized carbons (Fsp3) is 0.533. The Morgan fingerprint density at radius 2 is 2.10 bits per heavy atom. The summed E-state index contributed by atoms with van der Waals surface area (Å²) in [4.78, 5) is 12.8. The molecule has 0 unspecified atom stereocenters. The van der Waals surface area contributed by atoms with Gasteiger partial charge in [-0.05, 0) is 31.4 Å². The molecule has 0 aliphatic heterocycles. The fourth-order valence-corrected chi connectivity index (χ4v) is 1.83. The van der Waals surface area contributed by atoms with Crippen molar-refractivity contribution in [3.05, 3.63) is 29.8 Å². The van der Waals surface area contributed by atoms with Crippen LogP contribution in [0, 0.1) is 0 Å². The second-order valence-corrected chi connectivity index (χ2v) is 4.71. The topological polar surface area (TPSA) is 59.0 Å². The van der Waals surface area contributed by atoms with E-state index in [4.69, 9.17) is 9.84 Å². The SMILES string of the molecule is COC(=O)N(C)CCCc1ccccc1O[C@H](C)CO. The van der Waals surface area contributed by atoms with Gasteiger partial charge in [0.1, 0.15) is 11.9 Å². The van der Waals surface area contributed by atoms with Crippen LogP contribution in [0.25, 0.3) is 0 Å². The molecule has 1 aromatic rings. The molecule has 1 N–H and O–H groups in total. The van der Waals surface area contributed by atoms with Crippen LogP contribution in [0.2, 0.25) is 0 Å². The summed E-state index contributed by atoms with van der Waals surface area (Å²) in [5.74, 6) is 0.787. The summed E-state index contributed by atoms with van der Waals surface area (Å²) in [6, 6.07) is 7.75. The first-order valence-corrected chi connectivity index (χ1v) is 6.73. The van der Waals surface area contributed by atoms with Gasteiger partial charge in [-0.25, -0.2) is 4.79 Å². The Kier molecular flexibility index (Phi) is 6.87. The van der Waals surface area contributed by atoms with Crippen LogP contribution < -0.4 is 4.74 Å². The summed E-state index contributed by atoms with van der Waals surface area (Å²) in [7, 11) is 3.08. The lowest BCUT2D eigenvalue weighted by Crippen LogP contribution is -2.27. The average Bonchev–Trinajstić information content (AvgIpc) is 2.47. The number of nitrogens with zero attached hydrogens (tertiary/aromatic N) is 1. The maximum absolute atomic E-state index is 11.3. The molecular formula is C15H23NO4. The minimum absolute atomic E-state index is 0.0145. The van der Waals surface area contributed by atoms with Crippen molar-refractivity contribution < 1.29 is 19.4 Å². The number of amides is 1. The number of methoxy groups -OCH3 is 1. The summed E-state index contributed by atoms with van der Waals surface area (Å²) >= 11 is 0. The molecule has 0 spiro atoms. The van der Waals surface area contributed by atoms with E-state index in [9.17, 15) is 4.79 Å². The van der Waals surface area contributed by atoms with Crippen LogP contribution in [0.1, 0.15) is 18.9 Å². The van der Waals surface area contributed by atoms with E-state index in [2.05, 4.69) is 4.74 Å². The van der Waals surface area contributed by atoms with Gasteiger partial charge < -0.3 is 19.5 Å². The molecule has 1 aromatic carbocycles. The number of benzene rings is 1. The molecule has 0 fully saturated rings. The standard InChI is InChI=1S/C15H23NO4/c1-12(11-17)20-14-9-5-4-7-13(14)8-6-10-16(2)15(18)19-3/h4-5,7,9,12,17H,6,8,10-11H2,1-3H3/t12-/m1/s1. The predicted octanol–water partition coefficient (Wildman–Crippen LogP) is 2.08. The minimum Gasteiger partial charge on any atom is -0.488 e. The molecule has 1 amide bonds. The van der Waals surface area contributed by atoms with E-state index < -0.39 is 0 Å². The molecule has 1 atom stereocenters. The van der Waals surface area contributed by atoms with E-state index in [0.717, 1.165) is 24.2 Å². The monoisotopic (exact) mass is 281 g/mol. The third kappa shape index (κ3) is 5.09. The Bertz CT molecular complexity index is 422. The largest absolute Gasteiger partial charge is 0.488 e. The molecule has 0 saturated carbocycles. The maximum atomic E-state index is 11.3. The Morgan fingerprint density at radius 1 is 1.40 bits per heavy atom. The number of rotatable bonds is 7. The van der Waals surface area contributed by atoms with E-state index in [-0.39, 0.29) is 18.8 Å². The highest BCUT2D eigenvalue weighted by Gasteiger charge is 2.10. The van der Waals surface area contributed by atoms with Gasteiger partial charge in [0.15, 0.2) is 0 Å².